The van der Waals surface area contributed by atoms with Crippen molar-refractivity contribution in [2.45, 2.75) is 6.54 Å². The summed E-state index contributed by atoms with van der Waals surface area (Å²) in [5, 5.41) is 13.8. The summed E-state index contributed by atoms with van der Waals surface area (Å²) in [7, 11) is 1.87. The van der Waals surface area contributed by atoms with E-state index in [1.165, 1.54) is 10.8 Å². The maximum Gasteiger partial charge on any atom is 0.102 e. The minimum Gasteiger partial charge on any atom is -0.379 e. The zero-order valence-corrected chi connectivity index (χ0v) is 10.2. The minimum absolute atomic E-state index is 0.682. The molecule has 0 atom stereocenters. The third kappa shape index (κ3) is 2.05. The summed E-state index contributed by atoms with van der Waals surface area (Å²) in [6.45, 7) is 0.682. The van der Waals surface area contributed by atoms with Crippen molar-refractivity contribution in [3.63, 3.8) is 0 Å². The van der Waals surface area contributed by atoms with Crippen molar-refractivity contribution < 1.29 is 0 Å². The number of anilines is 1. The molecule has 3 aromatic rings. The predicted molar refractivity (Wildman–Crippen MR) is 72.3 cm³/mol. The summed E-state index contributed by atoms with van der Waals surface area (Å²) in [5.74, 6) is 0. The molecule has 0 aliphatic rings. The summed E-state index contributed by atoms with van der Waals surface area (Å²) in [6, 6.07) is 14.6. The van der Waals surface area contributed by atoms with E-state index in [-0.39, 0.29) is 0 Å². The number of aryl methyl sites for hydroxylation is 1. The molecular weight excluding hydrogens is 224 g/mol. The monoisotopic (exact) mass is 238 g/mol. The zero-order valence-electron chi connectivity index (χ0n) is 10.2. The van der Waals surface area contributed by atoms with E-state index in [1.807, 2.05) is 13.2 Å². The summed E-state index contributed by atoms with van der Waals surface area (Å²) < 4.78 is 1.71. The maximum atomic E-state index is 4.06. The highest BCUT2D eigenvalue weighted by atomic mass is 15.4. The van der Waals surface area contributed by atoms with Crippen LogP contribution in [0.3, 0.4) is 0 Å². The van der Waals surface area contributed by atoms with E-state index in [0.29, 0.717) is 6.54 Å². The SMILES string of the molecule is Cn1cc(CNc2cccc3ccccc23)nn1. The van der Waals surface area contributed by atoms with Crippen molar-refractivity contribution in [1.29, 1.82) is 0 Å². The van der Waals surface area contributed by atoms with Crippen LogP contribution < -0.4 is 5.32 Å². The van der Waals surface area contributed by atoms with Crippen LogP contribution in [0.15, 0.2) is 48.7 Å². The first-order chi connectivity index (χ1) is 8.83. The Labute approximate surface area is 105 Å². The molecular formula is C14H14N4. The van der Waals surface area contributed by atoms with Crippen LogP contribution in [0.1, 0.15) is 5.69 Å². The van der Waals surface area contributed by atoms with Gasteiger partial charge in [-0.25, -0.2) is 0 Å². The summed E-state index contributed by atoms with van der Waals surface area (Å²) in [5.41, 5.74) is 2.06. The van der Waals surface area contributed by atoms with Crippen molar-refractivity contribution >= 4 is 16.5 Å². The molecule has 1 heterocycles. The molecule has 0 bridgehead atoms. The largest absolute Gasteiger partial charge is 0.379 e. The van der Waals surface area contributed by atoms with Crippen LogP contribution in [0, 0.1) is 0 Å². The second kappa shape index (κ2) is 4.49. The Balaban J connectivity index is 1.86. The van der Waals surface area contributed by atoms with Gasteiger partial charge in [0.05, 0.1) is 6.54 Å². The summed E-state index contributed by atoms with van der Waals surface area (Å²) >= 11 is 0. The molecule has 0 unspecified atom stereocenters. The highest BCUT2D eigenvalue weighted by Crippen LogP contribution is 2.23. The van der Waals surface area contributed by atoms with Crippen molar-refractivity contribution in [2.75, 3.05) is 5.32 Å². The van der Waals surface area contributed by atoms with Crippen molar-refractivity contribution in [3.05, 3.63) is 54.4 Å². The molecule has 0 radical (unpaired) electrons. The van der Waals surface area contributed by atoms with Gasteiger partial charge in [-0.15, -0.1) is 5.10 Å². The molecule has 1 aromatic heterocycles. The van der Waals surface area contributed by atoms with Gasteiger partial charge in [-0.1, -0.05) is 41.6 Å². The number of nitrogens with one attached hydrogen (secondary N) is 1. The van der Waals surface area contributed by atoms with Gasteiger partial charge in [0.25, 0.3) is 0 Å². The maximum absolute atomic E-state index is 4.06. The minimum atomic E-state index is 0.682. The molecule has 2 aromatic carbocycles. The lowest BCUT2D eigenvalue weighted by Gasteiger charge is -2.08. The van der Waals surface area contributed by atoms with Gasteiger partial charge in [-0.05, 0) is 11.5 Å². The van der Waals surface area contributed by atoms with Crippen molar-refractivity contribution in [1.82, 2.24) is 15.0 Å². The number of nitrogens with zero attached hydrogens (tertiary/aromatic N) is 3. The predicted octanol–water partition coefficient (Wildman–Crippen LogP) is 2.58. The van der Waals surface area contributed by atoms with Gasteiger partial charge in [0.2, 0.25) is 0 Å². The number of fused-ring (bicyclic) bond motifs is 1. The van der Waals surface area contributed by atoms with E-state index in [4.69, 9.17) is 0 Å². The smallest absolute Gasteiger partial charge is 0.102 e. The van der Waals surface area contributed by atoms with E-state index in [9.17, 15) is 0 Å². The first kappa shape index (κ1) is 10.8. The van der Waals surface area contributed by atoms with Crippen LogP contribution in [0.25, 0.3) is 10.8 Å². The van der Waals surface area contributed by atoms with E-state index < -0.39 is 0 Å². The molecule has 0 amide bonds. The number of hydrogen-bond donors (Lipinski definition) is 1. The third-order valence-electron chi connectivity index (χ3n) is 2.90. The fourth-order valence-electron chi connectivity index (χ4n) is 2.04. The van der Waals surface area contributed by atoms with Crippen LogP contribution in [-0.2, 0) is 13.6 Å². The Morgan fingerprint density at radius 2 is 1.94 bits per heavy atom. The molecule has 0 spiro atoms. The quantitative estimate of drug-likeness (QED) is 0.762. The number of benzene rings is 2. The van der Waals surface area contributed by atoms with E-state index >= 15 is 0 Å². The van der Waals surface area contributed by atoms with Crippen LogP contribution in [0.2, 0.25) is 0 Å². The molecule has 0 saturated heterocycles. The van der Waals surface area contributed by atoms with Crippen LogP contribution in [-0.4, -0.2) is 15.0 Å². The topological polar surface area (TPSA) is 42.7 Å². The van der Waals surface area contributed by atoms with Gasteiger partial charge in [-0.2, -0.15) is 0 Å². The number of rotatable bonds is 3. The molecule has 90 valence electrons. The second-order valence-electron chi connectivity index (χ2n) is 4.26. The number of aromatic nitrogens is 3. The van der Waals surface area contributed by atoms with Crippen LogP contribution in [0.5, 0.6) is 0 Å². The highest BCUT2D eigenvalue weighted by molar-refractivity contribution is 5.93. The first-order valence-electron chi connectivity index (χ1n) is 5.90. The van der Waals surface area contributed by atoms with Gasteiger partial charge in [0, 0.05) is 24.3 Å². The Hall–Kier alpha value is -2.36. The summed E-state index contributed by atoms with van der Waals surface area (Å²) in [4.78, 5) is 0. The second-order valence-corrected chi connectivity index (χ2v) is 4.26. The lowest BCUT2D eigenvalue weighted by molar-refractivity contribution is 0.713. The van der Waals surface area contributed by atoms with E-state index in [0.717, 1.165) is 11.4 Å². The van der Waals surface area contributed by atoms with Crippen LogP contribution >= 0.6 is 0 Å². The van der Waals surface area contributed by atoms with Gasteiger partial charge in [-0.3, -0.25) is 4.68 Å². The van der Waals surface area contributed by atoms with Crippen molar-refractivity contribution in [2.24, 2.45) is 7.05 Å². The Morgan fingerprint density at radius 1 is 1.11 bits per heavy atom. The van der Waals surface area contributed by atoms with Gasteiger partial charge >= 0.3 is 0 Å². The highest BCUT2D eigenvalue weighted by Gasteiger charge is 2.01. The van der Waals surface area contributed by atoms with Gasteiger partial charge in [0.1, 0.15) is 5.69 Å². The molecule has 1 N–H and O–H groups in total. The van der Waals surface area contributed by atoms with Crippen LogP contribution in [0.4, 0.5) is 5.69 Å². The fourth-order valence-corrected chi connectivity index (χ4v) is 2.04. The van der Waals surface area contributed by atoms with Gasteiger partial charge < -0.3 is 5.32 Å². The zero-order chi connectivity index (χ0) is 12.4. The molecule has 0 aliphatic carbocycles. The molecule has 4 heteroatoms. The lowest BCUT2D eigenvalue weighted by atomic mass is 10.1. The molecule has 18 heavy (non-hydrogen) atoms. The average Bonchev–Trinajstić information content (AvgIpc) is 2.82. The first-order valence-corrected chi connectivity index (χ1v) is 5.90. The van der Waals surface area contributed by atoms with Gasteiger partial charge in [0.15, 0.2) is 0 Å². The Bertz CT molecular complexity index is 667. The molecule has 3 rings (SSSR count). The molecule has 0 saturated carbocycles. The normalized spacial score (nSPS) is 10.7. The van der Waals surface area contributed by atoms with Crippen molar-refractivity contribution in [3.8, 4) is 0 Å². The fraction of sp³-hybridized carbons (Fsp3) is 0.143. The molecule has 4 nitrogen and oxygen atoms in total. The average molecular weight is 238 g/mol. The molecule has 0 aliphatic heterocycles. The lowest BCUT2D eigenvalue weighted by Crippen LogP contribution is -2.00. The molecule has 0 fully saturated rings. The third-order valence-corrected chi connectivity index (χ3v) is 2.90. The van der Waals surface area contributed by atoms with E-state index in [1.54, 1.807) is 4.68 Å². The van der Waals surface area contributed by atoms with E-state index in [2.05, 4.69) is 58.1 Å². The number of hydrogen-bond acceptors (Lipinski definition) is 3. The Morgan fingerprint density at radius 3 is 2.78 bits per heavy atom. The Kier molecular flexibility index (Phi) is 2.68. The summed E-state index contributed by atoms with van der Waals surface area (Å²) in [6.07, 6.45) is 1.91. The standard InChI is InChI=1S/C14H14N4/c1-18-10-12(16-17-18)9-15-14-8-4-6-11-5-2-3-7-13(11)14/h2-8,10,15H,9H2,1H3.